The van der Waals surface area contributed by atoms with Crippen LogP contribution in [-0.2, 0) is 26.1 Å². The van der Waals surface area contributed by atoms with Crippen LogP contribution in [0.5, 0.6) is 5.75 Å². The van der Waals surface area contributed by atoms with Crippen molar-refractivity contribution in [3.63, 3.8) is 0 Å². The Morgan fingerprint density at radius 2 is 1.86 bits per heavy atom. The molecular formula is C19H27FN2O6S. The fraction of sp³-hybridized carbons (Fsp3) is 0.579. The Morgan fingerprint density at radius 3 is 2.38 bits per heavy atom. The van der Waals surface area contributed by atoms with Crippen molar-refractivity contribution in [1.82, 2.24) is 10.2 Å². The first-order valence-corrected chi connectivity index (χ1v) is 11.1. The molecule has 1 heterocycles. The molecule has 0 spiro atoms. The molecule has 1 N–H and O–H groups in total. The molecule has 29 heavy (non-hydrogen) atoms. The maximum Gasteiger partial charge on any atom is 0.408 e. The number of halogens is 1. The topological polar surface area (TPSA) is 102 Å². The molecule has 2 amide bonds. The highest BCUT2D eigenvalue weighted by Crippen LogP contribution is 2.20. The van der Waals surface area contributed by atoms with Gasteiger partial charge in [0, 0.05) is 25.6 Å². The van der Waals surface area contributed by atoms with Crippen LogP contribution in [0.25, 0.3) is 0 Å². The summed E-state index contributed by atoms with van der Waals surface area (Å²) in [6.07, 6.45) is 1.72. The maximum atomic E-state index is 14.5. The summed E-state index contributed by atoms with van der Waals surface area (Å²) in [6.45, 7) is 6.25. The van der Waals surface area contributed by atoms with E-state index in [2.05, 4.69) is 9.50 Å². The zero-order chi connectivity index (χ0) is 21.8. The van der Waals surface area contributed by atoms with E-state index in [1.165, 1.54) is 12.1 Å². The van der Waals surface area contributed by atoms with Gasteiger partial charge >= 0.3 is 16.2 Å². The molecule has 0 aliphatic carbocycles. The zero-order valence-corrected chi connectivity index (χ0v) is 17.8. The summed E-state index contributed by atoms with van der Waals surface area (Å²) in [6, 6.07) is 2.54. The number of hydrogen-bond acceptors (Lipinski definition) is 6. The summed E-state index contributed by atoms with van der Waals surface area (Å²) in [5.41, 5.74) is -0.610. The smallest absolute Gasteiger partial charge is 0.408 e. The second kappa shape index (κ2) is 8.98. The monoisotopic (exact) mass is 430 g/mol. The molecule has 1 fully saturated rings. The van der Waals surface area contributed by atoms with Gasteiger partial charge in [0.1, 0.15) is 23.2 Å². The number of amides is 2. The number of alkyl carbamates (subject to hydrolysis) is 1. The molecule has 1 saturated heterocycles. The normalized spacial score (nSPS) is 15.7. The first-order chi connectivity index (χ1) is 13.3. The molecular weight excluding hydrogens is 403 g/mol. The molecule has 10 heteroatoms. The summed E-state index contributed by atoms with van der Waals surface area (Å²) in [4.78, 5) is 26.7. The van der Waals surface area contributed by atoms with E-state index in [-0.39, 0.29) is 23.6 Å². The van der Waals surface area contributed by atoms with E-state index in [0.717, 1.165) is 25.2 Å². The van der Waals surface area contributed by atoms with Gasteiger partial charge in [0.15, 0.2) is 0 Å². The van der Waals surface area contributed by atoms with Crippen LogP contribution in [0.15, 0.2) is 18.2 Å². The molecule has 0 radical (unpaired) electrons. The van der Waals surface area contributed by atoms with Crippen LogP contribution in [0.2, 0.25) is 0 Å². The number of nitrogens with one attached hydrogen (secondary N) is 1. The van der Waals surface area contributed by atoms with Gasteiger partial charge < -0.3 is 19.1 Å². The second-order valence-electron chi connectivity index (χ2n) is 7.98. The van der Waals surface area contributed by atoms with Gasteiger partial charge in [-0.3, -0.25) is 4.79 Å². The largest absolute Gasteiger partial charge is 0.444 e. The fourth-order valence-corrected chi connectivity index (χ4v) is 3.40. The Balaban J connectivity index is 2.20. The predicted octanol–water partition coefficient (Wildman–Crippen LogP) is 2.22. The van der Waals surface area contributed by atoms with E-state index >= 15 is 0 Å². The highest BCUT2D eigenvalue weighted by atomic mass is 32.2. The molecule has 0 aromatic heterocycles. The summed E-state index contributed by atoms with van der Waals surface area (Å²) in [7, 11) is -3.79. The van der Waals surface area contributed by atoms with Crippen molar-refractivity contribution in [2.75, 3.05) is 19.3 Å². The van der Waals surface area contributed by atoms with Gasteiger partial charge in [-0.05, 0) is 45.2 Å². The van der Waals surface area contributed by atoms with Crippen LogP contribution in [-0.4, -0.2) is 56.3 Å². The third-order valence-electron chi connectivity index (χ3n) is 4.10. The van der Waals surface area contributed by atoms with Gasteiger partial charge in [-0.25, -0.2) is 9.18 Å². The number of hydrogen-bond donors (Lipinski definition) is 1. The minimum absolute atomic E-state index is 0.112. The Kier molecular flexibility index (Phi) is 7.10. The molecule has 0 saturated carbocycles. The van der Waals surface area contributed by atoms with Gasteiger partial charge in [0.05, 0.1) is 6.26 Å². The van der Waals surface area contributed by atoms with Crippen LogP contribution in [0.4, 0.5) is 9.18 Å². The fourth-order valence-electron chi connectivity index (χ4n) is 2.95. The molecule has 0 bridgehead atoms. The first kappa shape index (κ1) is 22.9. The molecule has 1 atom stereocenters. The molecule has 162 valence electrons. The standard InChI is InChI=1S/C19H27FN2O6S/c1-19(2,3)27-18(24)21-16(17(23)22-9-5-6-10-22)11-13-7-8-14(12-15(13)20)28-29(4,25)26/h7-8,12,16H,5-6,9-11H2,1-4H3,(H,21,24). The Bertz CT molecular complexity index is 860. The number of benzene rings is 1. The number of likely N-dealkylation sites (tertiary alicyclic amines) is 1. The maximum absolute atomic E-state index is 14.5. The molecule has 1 aromatic rings. The quantitative estimate of drug-likeness (QED) is 0.695. The number of carbonyl (C=O) groups is 2. The van der Waals surface area contributed by atoms with Crippen molar-refractivity contribution >= 4 is 22.1 Å². The van der Waals surface area contributed by atoms with Crippen molar-refractivity contribution in [2.45, 2.75) is 51.7 Å². The lowest BCUT2D eigenvalue weighted by atomic mass is 10.0. The van der Waals surface area contributed by atoms with E-state index in [4.69, 9.17) is 4.74 Å². The predicted molar refractivity (Wildman–Crippen MR) is 105 cm³/mol. The number of rotatable bonds is 6. The van der Waals surface area contributed by atoms with Crippen LogP contribution in [0.3, 0.4) is 0 Å². The first-order valence-electron chi connectivity index (χ1n) is 9.30. The van der Waals surface area contributed by atoms with Gasteiger partial charge in [0.25, 0.3) is 0 Å². The van der Waals surface area contributed by atoms with E-state index in [0.29, 0.717) is 13.1 Å². The average molecular weight is 430 g/mol. The second-order valence-corrected chi connectivity index (χ2v) is 9.55. The lowest BCUT2D eigenvalue weighted by Crippen LogP contribution is -2.50. The molecule has 1 aromatic carbocycles. The van der Waals surface area contributed by atoms with E-state index in [1.54, 1.807) is 25.7 Å². The Labute approximate surface area is 170 Å². The van der Waals surface area contributed by atoms with Crippen molar-refractivity contribution < 1.29 is 31.3 Å². The van der Waals surface area contributed by atoms with Crippen LogP contribution in [0, 0.1) is 5.82 Å². The van der Waals surface area contributed by atoms with Gasteiger partial charge in [0.2, 0.25) is 5.91 Å². The zero-order valence-electron chi connectivity index (χ0n) is 17.0. The molecule has 1 aliphatic rings. The van der Waals surface area contributed by atoms with Crippen LogP contribution in [0.1, 0.15) is 39.2 Å². The number of ether oxygens (including phenoxy) is 1. The highest BCUT2D eigenvalue weighted by molar-refractivity contribution is 7.86. The third-order valence-corrected chi connectivity index (χ3v) is 4.60. The third kappa shape index (κ3) is 7.52. The summed E-state index contributed by atoms with van der Waals surface area (Å²) < 4.78 is 46.8. The Morgan fingerprint density at radius 1 is 1.24 bits per heavy atom. The van der Waals surface area contributed by atoms with Crippen LogP contribution >= 0.6 is 0 Å². The SMILES string of the molecule is CC(C)(C)OC(=O)NC(Cc1ccc(OS(C)(=O)=O)cc1F)C(=O)N1CCCC1. The Hall–Kier alpha value is -2.36. The van der Waals surface area contributed by atoms with E-state index < -0.39 is 33.7 Å². The number of nitrogens with zero attached hydrogens (tertiary/aromatic N) is 1. The lowest BCUT2D eigenvalue weighted by Gasteiger charge is -2.26. The van der Waals surface area contributed by atoms with Gasteiger partial charge in [-0.15, -0.1) is 0 Å². The number of carbonyl (C=O) groups excluding carboxylic acids is 2. The minimum atomic E-state index is -3.79. The van der Waals surface area contributed by atoms with Crippen molar-refractivity contribution in [3.8, 4) is 5.75 Å². The summed E-state index contributed by atoms with van der Waals surface area (Å²) in [5.74, 6) is -1.23. The summed E-state index contributed by atoms with van der Waals surface area (Å²) >= 11 is 0. The molecule has 1 unspecified atom stereocenters. The van der Waals surface area contributed by atoms with Crippen LogP contribution < -0.4 is 9.50 Å². The highest BCUT2D eigenvalue weighted by Gasteiger charge is 2.30. The van der Waals surface area contributed by atoms with E-state index in [9.17, 15) is 22.4 Å². The van der Waals surface area contributed by atoms with Gasteiger partial charge in [-0.2, -0.15) is 8.42 Å². The molecule has 2 rings (SSSR count). The lowest BCUT2D eigenvalue weighted by molar-refractivity contribution is -0.132. The van der Waals surface area contributed by atoms with Gasteiger partial charge in [-0.1, -0.05) is 6.07 Å². The van der Waals surface area contributed by atoms with Crippen molar-refractivity contribution in [3.05, 3.63) is 29.6 Å². The molecule has 8 nitrogen and oxygen atoms in total. The van der Waals surface area contributed by atoms with Crippen molar-refractivity contribution in [2.24, 2.45) is 0 Å². The van der Waals surface area contributed by atoms with Crippen molar-refractivity contribution in [1.29, 1.82) is 0 Å². The van der Waals surface area contributed by atoms with E-state index in [1.807, 2.05) is 0 Å². The summed E-state index contributed by atoms with van der Waals surface area (Å²) in [5, 5.41) is 2.53. The minimum Gasteiger partial charge on any atom is -0.444 e. The average Bonchev–Trinajstić information content (AvgIpc) is 3.07. The molecule has 1 aliphatic heterocycles.